The molecule has 0 radical (unpaired) electrons. The Kier molecular flexibility index (Phi) is 21.0. The number of hydrogen-bond donors (Lipinski definition) is 2. The van der Waals surface area contributed by atoms with Crippen LogP contribution in [0.4, 0.5) is 0 Å². The van der Waals surface area contributed by atoms with Gasteiger partial charge in [0.25, 0.3) is 0 Å². The Morgan fingerprint density at radius 2 is 1.25 bits per heavy atom. The molecule has 1 aromatic heterocycles. The molecule has 208 valence electrons. The second kappa shape index (κ2) is 23.5. The summed E-state index contributed by atoms with van der Waals surface area (Å²) < 4.78 is 5.11. The van der Waals surface area contributed by atoms with Gasteiger partial charge < -0.3 is 15.0 Å². The molecule has 0 saturated carbocycles. The van der Waals surface area contributed by atoms with Crippen molar-refractivity contribution in [2.45, 2.75) is 155 Å². The van der Waals surface area contributed by atoms with Gasteiger partial charge in [-0.05, 0) is 13.3 Å². The zero-order valence-electron chi connectivity index (χ0n) is 23.5. The summed E-state index contributed by atoms with van der Waals surface area (Å²) in [5.41, 5.74) is 0.803. The molecule has 0 unspecified atom stereocenters. The molecule has 1 rings (SSSR count). The Hall–Kier alpha value is -1.85. The van der Waals surface area contributed by atoms with Crippen LogP contribution in [0.25, 0.3) is 0 Å². The molecule has 0 bridgehead atoms. The molecule has 0 spiro atoms. The number of aromatic nitrogens is 2. The van der Waals surface area contributed by atoms with Gasteiger partial charge >= 0.3 is 5.97 Å². The van der Waals surface area contributed by atoms with Gasteiger partial charge in [-0.1, -0.05) is 122 Å². The maximum atomic E-state index is 12.3. The summed E-state index contributed by atoms with van der Waals surface area (Å²) in [4.78, 5) is 31.5. The maximum absolute atomic E-state index is 12.3. The van der Waals surface area contributed by atoms with Crippen LogP contribution in [-0.4, -0.2) is 34.5 Å². The van der Waals surface area contributed by atoms with Gasteiger partial charge in [-0.25, -0.2) is 9.78 Å². The predicted molar refractivity (Wildman–Crippen MR) is 149 cm³/mol. The number of esters is 1. The molecule has 0 saturated heterocycles. The first-order valence-corrected chi connectivity index (χ1v) is 15.1. The molecule has 1 aromatic rings. The number of hydrogen-bond acceptors (Lipinski definition) is 4. The summed E-state index contributed by atoms with van der Waals surface area (Å²) in [6.07, 6.45) is 29.4. The minimum absolute atomic E-state index is 0.0838. The van der Waals surface area contributed by atoms with Crippen molar-refractivity contribution < 1.29 is 14.3 Å². The van der Waals surface area contributed by atoms with Crippen LogP contribution in [0.1, 0.15) is 148 Å². The smallest absolute Gasteiger partial charge is 0.329 e. The van der Waals surface area contributed by atoms with Crippen molar-refractivity contribution in [3.8, 4) is 0 Å². The highest BCUT2D eigenvalue weighted by Crippen LogP contribution is 2.15. The number of nitrogens with zero attached hydrogens (tertiary/aromatic N) is 1. The molecule has 0 aliphatic carbocycles. The molecular formula is C30H55N3O3. The molecule has 0 fully saturated rings. The minimum Gasteiger partial charge on any atom is -0.464 e. The maximum Gasteiger partial charge on any atom is 0.329 e. The molecule has 1 atom stereocenters. The lowest BCUT2D eigenvalue weighted by Gasteiger charge is -2.16. The van der Waals surface area contributed by atoms with Gasteiger partial charge in [0.15, 0.2) is 0 Å². The van der Waals surface area contributed by atoms with Crippen LogP contribution in [0.15, 0.2) is 12.5 Å². The fourth-order valence-corrected chi connectivity index (χ4v) is 4.68. The normalized spacial score (nSPS) is 11.9. The third-order valence-electron chi connectivity index (χ3n) is 6.89. The number of rotatable bonds is 25. The Labute approximate surface area is 221 Å². The summed E-state index contributed by atoms with van der Waals surface area (Å²) in [6.45, 7) is 4.35. The molecule has 0 aliphatic heterocycles. The van der Waals surface area contributed by atoms with Gasteiger partial charge in [-0.15, -0.1) is 0 Å². The summed E-state index contributed by atoms with van der Waals surface area (Å²) in [6, 6.07) is -0.668. The fourth-order valence-electron chi connectivity index (χ4n) is 4.68. The van der Waals surface area contributed by atoms with E-state index in [1.54, 1.807) is 19.4 Å². The van der Waals surface area contributed by atoms with Crippen LogP contribution in [-0.2, 0) is 20.7 Å². The zero-order chi connectivity index (χ0) is 26.1. The molecule has 0 aromatic carbocycles. The van der Waals surface area contributed by atoms with Gasteiger partial charge in [-0.3, -0.25) is 4.79 Å². The first kappa shape index (κ1) is 32.2. The molecule has 36 heavy (non-hydrogen) atoms. The lowest BCUT2D eigenvalue weighted by Crippen LogP contribution is -2.43. The summed E-state index contributed by atoms with van der Waals surface area (Å²) >= 11 is 0. The van der Waals surface area contributed by atoms with E-state index in [0.29, 0.717) is 19.4 Å². The first-order valence-electron chi connectivity index (χ1n) is 15.1. The Morgan fingerprint density at radius 1 is 0.778 bits per heavy atom. The van der Waals surface area contributed by atoms with E-state index in [0.717, 1.165) is 18.5 Å². The topological polar surface area (TPSA) is 84.1 Å². The molecule has 0 aliphatic rings. The summed E-state index contributed by atoms with van der Waals surface area (Å²) in [5, 5.41) is 2.84. The average molecular weight is 506 g/mol. The quantitative estimate of drug-likeness (QED) is 0.105. The van der Waals surface area contributed by atoms with Crippen LogP contribution in [0, 0.1) is 0 Å². The average Bonchev–Trinajstić information content (AvgIpc) is 3.38. The van der Waals surface area contributed by atoms with Crippen molar-refractivity contribution in [2.24, 2.45) is 0 Å². The number of nitrogens with one attached hydrogen (secondary N) is 2. The molecule has 1 heterocycles. The number of imidazole rings is 1. The van der Waals surface area contributed by atoms with Crippen LogP contribution in [0.2, 0.25) is 0 Å². The van der Waals surface area contributed by atoms with E-state index >= 15 is 0 Å². The Balaban J connectivity index is 1.91. The number of unbranched alkanes of at least 4 members (excludes halogenated alkanes) is 18. The second-order valence-electron chi connectivity index (χ2n) is 10.3. The van der Waals surface area contributed by atoms with Gasteiger partial charge in [0.2, 0.25) is 5.91 Å². The van der Waals surface area contributed by atoms with Gasteiger partial charge in [0, 0.05) is 24.7 Å². The van der Waals surface area contributed by atoms with Gasteiger partial charge in [0.05, 0.1) is 12.9 Å². The predicted octanol–water partition coefficient (Wildman–Crippen LogP) is 7.82. The first-order chi connectivity index (χ1) is 17.7. The van der Waals surface area contributed by atoms with Crippen molar-refractivity contribution in [3.63, 3.8) is 0 Å². The van der Waals surface area contributed by atoms with E-state index in [2.05, 4.69) is 22.2 Å². The van der Waals surface area contributed by atoms with E-state index in [9.17, 15) is 9.59 Å². The Morgan fingerprint density at radius 3 is 1.67 bits per heavy atom. The number of carbonyl (C=O) groups is 2. The lowest BCUT2D eigenvalue weighted by atomic mass is 10.0. The van der Waals surface area contributed by atoms with E-state index in [1.165, 1.54) is 109 Å². The van der Waals surface area contributed by atoms with Gasteiger partial charge in [0.1, 0.15) is 6.04 Å². The third kappa shape index (κ3) is 18.4. The van der Waals surface area contributed by atoms with E-state index in [-0.39, 0.29) is 5.91 Å². The number of carbonyl (C=O) groups excluding carboxylic acids is 2. The molecular weight excluding hydrogens is 450 g/mol. The molecule has 1 amide bonds. The van der Waals surface area contributed by atoms with Gasteiger partial charge in [-0.2, -0.15) is 0 Å². The molecule has 6 nitrogen and oxygen atoms in total. The standard InChI is InChI=1S/C30H55N3O3/c1-3-5-6-7-8-9-10-11-12-13-14-15-16-17-18-19-20-21-22-23-29(34)33-28(30(35)36-4-2)24-27-25-31-26-32-27/h25-26,28H,3-24H2,1-2H3,(H,31,32)(H,33,34)/t28-/m0/s1. The van der Waals surface area contributed by atoms with Crippen LogP contribution >= 0.6 is 0 Å². The van der Waals surface area contributed by atoms with Crippen molar-refractivity contribution in [2.75, 3.05) is 6.61 Å². The van der Waals surface area contributed by atoms with E-state index in [4.69, 9.17) is 4.74 Å². The summed E-state index contributed by atoms with van der Waals surface area (Å²) in [5.74, 6) is -0.479. The number of H-pyrrole nitrogens is 1. The van der Waals surface area contributed by atoms with Crippen LogP contribution < -0.4 is 5.32 Å². The highest BCUT2D eigenvalue weighted by molar-refractivity contribution is 5.84. The fraction of sp³-hybridized carbons (Fsp3) is 0.833. The Bertz CT molecular complexity index is 633. The van der Waals surface area contributed by atoms with Crippen LogP contribution in [0.5, 0.6) is 0 Å². The third-order valence-corrected chi connectivity index (χ3v) is 6.89. The number of amides is 1. The number of ether oxygens (including phenoxy) is 1. The van der Waals surface area contributed by atoms with Crippen molar-refractivity contribution >= 4 is 11.9 Å². The van der Waals surface area contributed by atoms with Crippen molar-refractivity contribution in [1.82, 2.24) is 15.3 Å². The monoisotopic (exact) mass is 505 g/mol. The second-order valence-corrected chi connectivity index (χ2v) is 10.3. The highest BCUT2D eigenvalue weighted by Gasteiger charge is 2.22. The van der Waals surface area contributed by atoms with Crippen LogP contribution in [0.3, 0.4) is 0 Å². The SMILES string of the molecule is CCCCCCCCCCCCCCCCCCCCCC(=O)N[C@@H](Cc1cnc[nH]1)C(=O)OCC. The molecule has 2 N–H and O–H groups in total. The van der Waals surface area contributed by atoms with Crippen molar-refractivity contribution in [1.29, 1.82) is 0 Å². The largest absolute Gasteiger partial charge is 0.464 e. The van der Waals surface area contributed by atoms with E-state index in [1.807, 2.05) is 0 Å². The zero-order valence-corrected chi connectivity index (χ0v) is 23.5. The van der Waals surface area contributed by atoms with E-state index < -0.39 is 12.0 Å². The van der Waals surface area contributed by atoms with Crippen molar-refractivity contribution in [3.05, 3.63) is 18.2 Å². The molecule has 6 heteroatoms. The summed E-state index contributed by atoms with van der Waals surface area (Å²) in [7, 11) is 0. The highest BCUT2D eigenvalue weighted by atomic mass is 16.5. The number of aromatic amines is 1. The lowest BCUT2D eigenvalue weighted by molar-refractivity contribution is -0.147. The minimum atomic E-state index is -0.668.